The molecular weight excluding hydrogens is 226 g/mol. The zero-order valence-corrected chi connectivity index (χ0v) is 10.5. The highest BCUT2D eigenvalue weighted by molar-refractivity contribution is 5.77. The number of para-hydroxylation sites is 1. The number of amides is 2. The molecule has 3 rings (SSSR count). The molecule has 0 spiro atoms. The Morgan fingerprint density at radius 3 is 2.50 bits per heavy atom. The molecule has 0 radical (unpaired) electrons. The van der Waals surface area contributed by atoms with E-state index in [2.05, 4.69) is 5.32 Å². The fourth-order valence-electron chi connectivity index (χ4n) is 2.72. The number of nitrogens with two attached hydrogens (primary N) is 1. The maximum atomic E-state index is 12.2. The fraction of sp³-hybridized carbons (Fsp3) is 0.500. The van der Waals surface area contributed by atoms with Gasteiger partial charge >= 0.3 is 6.03 Å². The molecule has 2 aliphatic rings. The Balaban J connectivity index is 1.75. The number of rotatable bonds is 2. The predicted molar refractivity (Wildman–Crippen MR) is 71.1 cm³/mol. The molecule has 0 atom stereocenters. The van der Waals surface area contributed by atoms with Crippen molar-refractivity contribution in [3.8, 4) is 0 Å². The number of benzene rings is 1. The van der Waals surface area contributed by atoms with E-state index in [1.54, 1.807) is 0 Å². The highest BCUT2D eigenvalue weighted by Gasteiger charge is 2.47. The lowest BCUT2D eigenvalue weighted by Crippen LogP contribution is -2.43. The van der Waals surface area contributed by atoms with Crippen LogP contribution in [-0.2, 0) is 5.54 Å². The number of nitrogen functional groups attached to an aromatic ring is 1. The number of urea groups is 1. The SMILES string of the molecule is Nc1ccccc1C1(NC(=O)N2CCCC2)CC1. The summed E-state index contributed by atoms with van der Waals surface area (Å²) in [4.78, 5) is 14.1. The van der Waals surface area contributed by atoms with Crippen molar-refractivity contribution in [2.75, 3.05) is 18.8 Å². The van der Waals surface area contributed by atoms with Gasteiger partial charge in [-0.1, -0.05) is 18.2 Å². The Morgan fingerprint density at radius 2 is 1.89 bits per heavy atom. The van der Waals surface area contributed by atoms with Crippen molar-refractivity contribution < 1.29 is 4.79 Å². The molecule has 1 aliphatic heterocycles. The number of anilines is 1. The number of hydrogen-bond donors (Lipinski definition) is 2. The van der Waals surface area contributed by atoms with Crippen LogP contribution in [0.25, 0.3) is 0 Å². The second kappa shape index (κ2) is 4.19. The zero-order valence-electron chi connectivity index (χ0n) is 10.5. The van der Waals surface area contributed by atoms with Gasteiger partial charge in [0, 0.05) is 24.3 Å². The smallest absolute Gasteiger partial charge is 0.318 e. The van der Waals surface area contributed by atoms with Gasteiger partial charge in [0.05, 0.1) is 5.54 Å². The summed E-state index contributed by atoms with van der Waals surface area (Å²) >= 11 is 0. The van der Waals surface area contributed by atoms with Crippen LogP contribution in [0.3, 0.4) is 0 Å². The monoisotopic (exact) mass is 245 g/mol. The van der Waals surface area contributed by atoms with E-state index in [1.807, 2.05) is 29.2 Å². The largest absolute Gasteiger partial charge is 0.398 e. The minimum Gasteiger partial charge on any atom is -0.398 e. The van der Waals surface area contributed by atoms with Gasteiger partial charge < -0.3 is 16.0 Å². The summed E-state index contributed by atoms with van der Waals surface area (Å²) in [6.07, 6.45) is 4.21. The molecule has 1 saturated carbocycles. The number of hydrogen-bond acceptors (Lipinski definition) is 2. The molecule has 0 aromatic heterocycles. The molecule has 2 fully saturated rings. The van der Waals surface area contributed by atoms with Gasteiger partial charge in [-0.25, -0.2) is 4.79 Å². The summed E-state index contributed by atoms with van der Waals surface area (Å²) in [5.41, 5.74) is 7.65. The summed E-state index contributed by atoms with van der Waals surface area (Å²) < 4.78 is 0. The van der Waals surface area contributed by atoms with Gasteiger partial charge in [-0.2, -0.15) is 0 Å². The zero-order chi connectivity index (χ0) is 12.6. The van der Waals surface area contributed by atoms with Crippen molar-refractivity contribution in [3.05, 3.63) is 29.8 Å². The first-order valence-corrected chi connectivity index (χ1v) is 6.63. The highest BCUT2D eigenvalue weighted by Crippen LogP contribution is 2.47. The van der Waals surface area contributed by atoms with Gasteiger partial charge in [-0.3, -0.25) is 0 Å². The van der Waals surface area contributed by atoms with Crippen LogP contribution in [0.15, 0.2) is 24.3 Å². The second-order valence-electron chi connectivity index (χ2n) is 5.29. The van der Waals surface area contributed by atoms with E-state index in [-0.39, 0.29) is 11.6 Å². The van der Waals surface area contributed by atoms with Crippen molar-refractivity contribution >= 4 is 11.7 Å². The van der Waals surface area contributed by atoms with Gasteiger partial charge in [-0.05, 0) is 31.7 Å². The third kappa shape index (κ3) is 1.92. The molecule has 3 N–H and O–H groups in total. The average Bonchev–Trinajstić information content (AvgIpc) is 2.94. The summed E-state index contributed by atoms with van der Waals surface area (Å²) in [5, 5.41) is 3.17. The van der Waals surface area contributed by atoms with Gasteiger partial charge in [0.2, 0.25) is 0 Å². The standard InChI is InChI=1S/C14H19N3O/c15-12-6-2-1-5-11(12)14(7-8-14)16-13(18)17-9-3-4-10-17/h1-2,5-6H,3-4,7-10,15H2,(H,16,18). The minimum absolute atomic E-state index is 0.0632. The van der Waals surface area contributed by atoms with Crippen molar-refractivity contribution in [1.82, 2.24) is 10.2 Å². The first kappa shape index (κ1) is 11.4. The van der Waals surface area contributed by atoms with Crippen LogP contribution >= 0.6 is 0 Å². The van der Waals surface area contributed by atoms with E-state index >= 15 is 0 Å². The Labute approximate surface area is 107 Å². The van der Waals surface area contributed by atoms with Crippen LogP contribution < -0.4 is 11.1 Å². The van der Waals surface area contributed by atoms with Crippen LogP contribution in [0.5, 0.6) is 0 Å². The quantitative estimate of drug-likeness (QED) is 0.784. The summed E-state index contributed by atoms with van der Waals surface area (Å²) in [6.45, 7) is 1.76. The van der Waals surface area contributed by atoms with Crippen LogP contribution in [0.1, 0.15) is 31.2 Å². The molecule has 1 heterocycles. The van der Waals surface area contributed by atoms with Gasteiger partial charge in [0.25, 0.3) is 0 Å². The van der Waals surface area contributed by atoms with Gasteiger partial charge in [0.1, 0.15) is 0 Å². The van der Waals surface area contributed by atoms with Crippen molar-refractivity contribution in [2.45, 2.75) is 31.2 Å². The topological polar surface area (TPSA) is 58.4 Å². The third-order valence-electron chi connectivity index (χ3n) is 3.97. The Morgan fingerprint density at radius 1 is 1.22 bits per heavy atom. The van der Waals surface area contributed by atoms with E-state index in [9.17, 15) is 4.79 Å². The molecular formula is C14H19N3O. The normalized spacial score (nSPS) is 20.8. The van der Waals surface area contributed by atoms with Gasteiger partial charge in [-0.15, -0.1) is 0 Å². The molecule has 4 heteroatoms. The van der Waals surface area contributed by atoms with E-state index in [4.69, 9.17) is 5.73 Å². The lowest BCUT2D eigenvalue weighted by atomic mass is 10.0. The molecule has 1 aromatic carbocycles. The second-order valence-corrected chi connectivity index (χ2v) is 5.29. The number of likely N-dealkylation sites (tertiary alicyclic amines) is 1. The van der Waals surface area contributed by atoms with E-state index in [0.717, 1.165) is 50.0 Å². The number of carbonyl (C=O) groups is 1. The van der Waals surface area contributed by atoms with Gasteiger partial charge in [0.15, 0.2) is 0 Å². The average molecular weight is 245 g/mol. The molecule has 4 nitrogen and oxygen atoms in total. The third-order valence-corrected chi connectivity index (χ3v) is 3.97. The molecule has 1 saturated heterocycles. The lowest BCUT2D eigenvalue weighted by molar-refractivity contribution is 0.203. The summed E-state index contributed by atoms with van der Waals surface area (Å²) in [5.74, 6) is 0. The Bertz CT molecular complexity index is 462. The first-order valence-electron chi connectivity index (χ1n) is 6.63. The molecule has 0 unspecified atom stereocenters. The lowest BCUT2D eigenvalue weighted by Gasteiger charge is -2.24. The Kier molecular flexibility index (Phi) is 2.65. The number of nitrogens with zero attached hydrogens (tertiary/aromatic N) is 1. The number of carbonyl (C=O) groups excluding carboxylic acids is 1. The van der Waals surface area contributed by atoms with Crippen LogP contribution in [0.4, 0.5) is 10.5 Å². The highest BCUT2D eigenvalue weighted by atomic mass is 16.2. The van der Waals surface area contributed by atoms with E-state index < -0.39 is 0 Å². The summed E-state index contributed by atoms with van der Waals surface area (Å²) in [6, 6.07) is 7.89. The van der Waals surface area contributed by atoms with E-state index in [0.29, 0.717) is 0 Å². The molecule has 2 amide bonds. The van der Waals surface area contributed by atoms with Crippen molar-refractivity contribution in [1.29, 1.82) is 0 Å². The van der Waals surface area contributed by atoms with Crippen LogP contribution in [-0.4, -0.2) is 24.0 Å². The Hall–Kier alpha value is -1.71. The molecule has 1 aromatic rings. The molecule has 1 aliphatic carbocycles. The first-order chi connectivity index (χ1) is 8.71. The predicted octanol–water partition coefficient (Wildman–Crippen LogP) is 2.06. The molecule has 0 bridgehead atoms. The minimum atomic E-state index is -0.203. The fourth-order valence-corrected chi connectivity index (χ4v) is 2.72. The maximum absolute atomic E-state index is 12.2. The number of nitrogens with one attached hydrogen (secondary N) is 1. The van der Waals surface area contributed by atoms with Crippen LogP contribution in [0, 0.1) is 0 Å². The maximum Gasteiger partial charge on any atom is 0.318 e. The summed E-state index contributed by atoms with van der Waals surface area (Å²) in [7, 11) is 0. The van der Waals surface area contributed by atoms with Crippen molar-refractivity contribution in [2.24, 2.45) is 0 Å². The van der Waals surface area contributed by atoms with Crippen molar-refractivity contribution in [3.63, 3.8) is 0 Å². The molecule has 18 heavy (non-hydrogen) atoms. The van der Waals surface area contributed by atoms with Crippen LogP contribution in [0.2, 0.25) is 0 Å². The van der Waals surface area contributed by atoms with E-state index in [1.165, 1.54) is 0 Å². The molecule has 96 valence electrons.